The lowest BCUT2D eigenvalue weighted by molar-refractivity contribution is -0.138. The first kappa shape index (κ1) is 16.2. The van der Waals surface area contributed by atoms with E-state index in [1.807, 2.05) is 0 Å². The topological polar surface area (TPSA) is 61.4 Å². The van der Waals surface area contributed by atoms with Gasteiger partial charge in [0.2, 0.25) is 0 Å². The monoisotopic (exact) mass is 374 g/mol. The number of aromatic hydroxyl groups is 1. The Labute approximate surface area is 132 Å². The lowest BCUT2D eigenvalue weighted by Crippen LogP contribution is -2.19. The van der Waals surface area contributed by atoms with E-state index in [0.717, 1.165) is 6.07 Å². The molecule has 22 heavy (non-hydrogen) atoms. The molecule has 0 heterocycles. The van der Waals surface area contributed by atoms with Crippen molar-refractivity contribution in [3.05, 3.63) is 52.5 Å². The fraction of sp³-hybridized carbons (Fsp3) is 0.0714. The number of carbonyl (C=O) groups excluding carboxylic acids is 1. The Morgan fingerprint density at radius 1 is 1.00 bits per heavy atom. The summed E-state index contributed by atoms with van der Waals surface area (Å²) < 4.78 is 38.2. The van der Waals surface area contributed by atoms with Gasteiger partial charge in [0.05, 0.1) is 5.56 Å². The van der Waals surface area contributed by atoms with Crippen LogP contribution in [0.1, 0.15) is 5.56 Å². The van der Waals surface area contributed by atoms with Gasteiger partial charge < -0.3 is 15.7 Å². The zero-order chi connectivity index (χ0) is 16.3. The van der Waals surface area contributed by atoms with Crippen LogP contribution in [0.2, 0.25) is 0 Å². The number of hydrogen-bond acceptors (Lipinski definition) is 2. The number of alkyl halides is 3. The van der Waals surface area contributed by atoms with Gasteiger partial charge in [-0.1, -0.05) is 15.9 Å². The van der Waals surface area contributed by atoms with E-state index < -0.39 is 17.8 Å². The van der Waals surface area contributed by atoms with E-state index >= 15 is 0 Å². The zero-order valence-corrected chi connectivity index (χ0v) is 12.5. The number of carbonyl (C=O) groups is 1. The molecule has 2 aromatic carbocycles. The Kier molecular flexibility index (Phi) is 4.60. The normalized spacial score (nSPS) is 11.1. The van der Waals surface area contributed by atoms with Crippen LogP contribution in [-0.4, -0.2) is 11.1 Å². The average Bonchev–Trinajstić information content (AvgIpc) is 2.42. The van der Waals surface area contributed by atoms with Gasteiger partial charge in [-0.25, -0.2) is 4.79 Å². The largest absolute Gasteiger partial charge is 0.508 e. The molecule has 116 valence electrons. The summed E-state index contributed by atoms with van der Waals surface area (Å²) in [6, 6.07) is 8.35. The lowest BCUT2D eigenvalue weighted by atomic mass is 10.2. The van der Waals surface area contributed by atoms with Crippen LogP contribution < -0.4 is 10.6 Å². The first-order valence-electron chi connectivity index (χ1n) is 5.99. The first-order chi connectivity index (χ1) is 10.3. The molecular weight excluding hydrogens is 365 g/mol. The van der Waals surface area contributed by atoms with Crippen molar-refractivity contribution in [3.63, 3.8) is 0 Å². The molecule has 2 aromatic rings. The van der Waals surface area contributed by atoms with Gasteiger partial charge in [0.15, 0.2) is 0 Å². The molecule has 0 atom stereocenters. The second-order valence-electron chi connectivity index (χ2n) is 4.32. The van der Waals surface area contributed by atoms with E-state index in [1.54, 1.807) is 0 Å². The molecule has 0 fully saturated rings. The van der Waals surface area contributed by atoms with Crippen LogP contribution in [-0.2, 0) is 6.18 Å². The van der Waals surface area contributed by atoms with Gasteiger partial charge in [0.25, 0.3) is 0 Å². The number of halogens is 4. The highest BCUT2D eigenvalue weighted by molar-refractivity contribution is 9.10. The molecule has 0 unspecified atom stereocenters. The van der Waals surface area contributed by atoms with Crippen molar-refractivity contribution >= 4 is 33.3 Å². The van der Waals surface area contributed by atoms with Crippen LogP contribution in [0.3, 0.4) is 0 Å². The number of hydrogen-bond donors (Lipinski definition) is 3. The molecule has 0 aliphatic carbocycles. The van der Waals surface area contributed by atoms with Crippen LogP contribution in [0.4, 0.5) is 29.3 Å². The summed E-state index contributed by atoms with van der Waals surface area (Å²) in [7, 11) is 0. The van der Waals surface area contributed by atoms with Crippen LogP contribution in [0, 0.1) is 0 Å². The van der Waals surface area contributed by atoms with Crippen molar-refractivity contribution in [2.75, 3.05) is 10.6 Å². The van der Waals surface area contributed by atoms with Crippen molar-refractivity contribution < 1.29 is 23.1 Å². The van der Waals surface area contributed by atoms with Crippen LogP contribution in [0.15, 0.2) is 46.9 Å². The Balaban J connectivity index is 2.10. The molecule has 0 aliphatic rings. The first-order valence-corrected chi connectivity index (χ1v) is 6.79. The summed E-state index contributed by atoms with van der Waals surface area (Å²) in [5.41, 5.74) is -0.481. The Morgan fingerprint density at radius 3 is 2.14 bits per heavy atom. The predicted octanol–water partition coefficient (Wildman–Crippen LogP) is 4.82. The summed E-state index contributed by atoms with van der Waals surface area (Å²) in [4.78, 5) is 11.7. The van der Waals surface area contributed by atoms with Gasteiger partial charge in [-0.2, -0.15) is 13.2 Å². The fourth-order valence-electron chi connectivity index (χ4n) is 1.66. The smallest absolute Gasteiger partial charge is 0.417 e. The van der Waals surface area contributed by atoms with Gasteiger partial charge in [0.1, 0.15) is 5.75 Å². The predicted molar refractivity (Wildman–Crippen MR) is 79.9 cm³/mol. The van der Waals surface area contributed by atoms with Crippen LogP contribution in [0.5, 0.6) is 5.75 Å². The molecular formula is C14H10BrF3N2O2. The summed E-state index contributed by atoms with van der Waals surface area (Å²) >= 11 is 2.82. The second kappa shape index (κ2) is 6.27. The Bertz CT molecular complexity index is 687. The fourth-order valence-corrected chi connectivity index (χ4v) is 2.13. The molecule has 0 radical (unpaired) electrons. The minimum atomic E-state index is -4.52. The highest BCUT2D eigenvalue weighted by Gasteiger charge is 2.33. The number of nitrogens with one attached hydrogen (secondary N) is 2. The average molecular weight is 375 g/mol. The number of benzene rings is 2. The van der Waals surface area contributed by atoms with Crippen molar-refractivity contribution in [1.29, 1.82) is 0 Å². The number of urea groups is 1. The quantitative estimate of drug-likeness (QED) is 0.660. The van der Waals surface area contributed by atoms with Gasteiger partial charge in [-0.15, -0.1) is 0 Å². The number of anilines is 2. The van der Waals surface area contributed by atoms with E-state index in [-0.39, 0.29) is 15.9 Å². The molecule has 0 saturated carbocycles. The zero-order valence-electron chi connectivity index (χ0n) is 10.9. The maximum atomic E-state index is 12.8. The number of phenols is 1. The molecule has 2 rings (SSSR count). The molecule has 0 saturated heterocycles. The van der Waals surface area contributed by atoms with Crippen LogP contribution >= 0.6 is 15.9 Å². The van der Waals surface area contributed by atoms with Crippen molar-refractivity contribution in [1.82, 2.24) is 0 Å². The van der Waals surface area contributed by atoms with Gasteiger partial charge in [-0.3, -0.25) is 0 Å². The number of rotatable bonds is 2. The van der Waals surface area contributed by atoms with E-state index in [2.05, 4.69) is 26.6 Å². The minimum Gasteiger partial charge on any atom is -0.508 e. The highest BCUT2D eigenvalue weighted by Crippen LogP contribution is 2.36. The van der Waals surface area contributed by atoms with E-state index in [4.69, 9.17) is 5.11 Å². The second-order valence-corrected chi connectivity index (χ2v) is 5.17. The van der Waals surface area contributed by atoms with E-state index in [0.29, 0.717) is 5.69 Å². The summed E-state index contributed by atoms with van der Waals surface area (Å²) in [6.07, 6.45) is -4.52. The van der Waals surface area contributed by atoms with Gasteiger partial charge >= 0.3 is 12.2 Å². The molecule has 3 N–H and O–H groups in total. The molecule has 0 aromatic heterocycles. The maximum Gasteiger partial charge on any atom is 0.417 e. The Hall–Kier alpha value is -2.22. The number of amides is 2. The van der Waals surface area contributed by atoms with Crippen molar-refractivity contribution in [2.45, 2.75) is 6.18 Å². The standard InChI is InChI=1S/C14H10BrF3N2O2/c15-12-6-3-9(7-11(12)14(16,17)18)20-13(22)19-8-1-4-10(21)5-2-8/h1-7,21H,(H2,19,20,22). The SMILES string of the molecule is O=C(Nc1ccc(O)cc1)Nc1ccc(Br)c(C(F)(F)F)c1. The molecule has 0 bridgehead atoms. The van der Waals surface area contributed by atoms with E-state index in [1.165, 1.54) is 36.4 Å². The molecule has 0 aliphatic heterocycles. The third-order valence-corrected chi connectivity index (χ3v) is 3.35. The minimum absolute atomic E-state index is 0.00630. The Morgan fingerprint density at radius 2 is 1.55 bits per heavy atom. The summed E-state index contributed by atoms with van der Waals surface area (Å²) in [5, 5.41) is 13.9. The third kappa shape index (κ3) is 4.14. The molecule has 8 heteroatoms. The van der Waals surface area contributed by atoms with Crippen molar-refractivity contribution in [2.24, 2.45) is 0 Å². The van der Waals surface area contributed by atoms with Crippen LogP contribution in [0.25, 0.3) is 0 Å². The lowest BCUT2D eigenvalue weighted by Gasteiger charge is -2.12. The molecule has 4 nitrogen and oxygen atoms in total. The number of phenolic OH excluding ortho intramolecular Hbond substituents is 1. The highest BCUT2D eigenvalue weighted by atomic mass is 79.9. The molecule has 2 amide bonds. The van der Waals surface area contributed by atoms with Crippen molar-refractivity contribution in [3.8, 4) is 5.75 Å². The van der Waals surface area contributed by atoms with Gasteiger partial charge in [0, 0.05) is 15.8 Å². The van der Waals surface area contributed by atoms with E-state index in [9.17, 15) is 18.0 Å². The maximum absolute atomic E-state index is 12.8. The molecule has 0 spiro atoms. The summed E-state index contributed by atoms with van der Waals surface area (Å²) in [6.45, 7) is 0. The van der Waals surface area contributed by atoms with Gasteiger partial charge in [-0.05, 0) is 42.5 Å². The summed E-state index contributed by atoms with van der Waals surface area (Å²) in [5.74, 6) is 0.0358. The third-order valence-electron chi connectivity index (χ3n) is 2.65.